The van der Waals surface area contributed by atoms with Gasteiger partial charge < -0.3 is 4.74 Å². The number of thiophene rings is 1. The highest BCUT2D eigenvalue weighted by Gasteiger charge is 2.24. The van der Waals surface area contributed by atoms with Gasteiger partial charge in [-0.2, -0.15) is 0 Å². The van der Waals surface area contributed by atoms with Crippen LogP contribution in [-0.2, 0) is 16.6 Å². The number of rotatable bonds is 6. The van der Waals surface area contributed by atoms with E-state index in [9.17, 15) is 9.59 Å². The average molecular weight is 408 g/mol. The van der Waals surface area contributed by atoms with E-state index in [4.69, 9.17) is 4.74 Å². The predicted molar refractivity (Wildman–Crippen MR) is 111 cm³/mol. The van der Waals surface area contributed by atoms with Crippen LogP contribution in [0, 0.1) is 6.92 Å². The molecule has 0 aliphatic heterocycles. The number of benzene rings is 1. The maximum atomic E-state index is 12.4. The molecule has 0 fully saturated rings. The molecule has 0 bridgehead atoms. The van der Waals surface area contributed by atoms with Crippen molar-refractivity contribution in [2.45, 2.75) is 26.2 Å². The molecule has 3 heterocycles. The summed E-state index contributed by atoms with van der Waals surface area (Å²) in [6, 6.07) is 5.87. The molecular weight excluding hydrogens is 388 g/mol. The van der Waals surface area contributed by atoms with Crippen molar-refractivity contribution >= 4 is 44.8 Å². The molecular formula is C21H20N4O3S. The smallest absolute Gasteiger partial charge is 0.306 e. The SMILES string of the molecule is CCOC(=O)CC(c1cc(C=O)c2sccc2c1)c1cnc2c(nnn2C)c1C. The van der Waals surface area contributed by atoms with Crippen LogP contribution in [0.3, 0.4) is 0 Å². The van der Waals surface area contributed by atoms with E-state index in [0.717, 1.165) is 33.1 Å². The normalized spacial score (nSPS) is 12.4. The molecule has 0 N–H and O–H groups in total. The molecule has 8 heteroatoms. The van der Waals surface area contributed by atoms with Gasteiger partial charge in [-0.3, -0.25) is 9.59 Å². The van der Waals surface area contributed by atoms with Crippen molar-refractivity contribution in [2.75, 3.05) is 6.61 Å². The Bertz CT molecular complexity index is 1230. The van der Waals surface area contributed by atoms with Gasteiger partial charge in [0.05, 0.1) is 13.0 Å². The summed E-state index contributed by atoms with van der Waals surface area (Å²) < 4.78 is 7.78. The molecule has 4 rings (SSSR count). The Morgan fingerprint density at radius 2 is 2.21 bits per heavy atom. The van der Waals surface area contributed by atoms with Crippen LogP contribution in [0.15, 0.2) is 29.8 Å². The van der Waals surface area contributed by atoms with Crippen LogP contribution in [0.4, 0.5) is 0 Å². The summed E-state index contributed by atoms with van der Waals surface area (Å²) in [5.41, 5.74) is 4.66. The zero-order valence-corrected chi connectivity index (χ0v) is 17.2. The minimum absolute atomic E-state index is 0.149. The zero-order chi connectivity index (χ0) is 20.5. The van der Waals surface area contributed by atoms with Crippen LogP contribution in [-0.4, -0.2) is 38.8 Å². The van der Waals surface area contributed by atoms with Crippen LogP contribution >= 0.6 is 11.3 Å². The molecule has 4 aromatic rings. The van der Waals surface area contributed by atoms with Crippen molar-refractivity contribution in [3.8, 4) is 0 Å². The molecule has 7 nitrogen and oxygen atoms in total. The van der Waals surface area contributed by atoms with E-state index in [1.54, 1.807) is 24.9 Å². The Labute approximate surface area is 171 Å². The summed E-state index contributed by atoms with van der Waals surface area (Å²) in [5, 5.41) is 11.2. The number of esters is 1. The van der Waals surface area contributed by atoms with Gasteiger partial charge in [-0.25, -0.2) is 9.67 Å². The number of nitrogens with zero attached hydrogens (tertiary/aromatic N) is 4. The van der Waals surface area contributed by atoms with Crippen molar-refractivity contribution in [3.05, 3.63) is 52.0 Å². The molecule has 1 atom stereocenters. The third-order valence-electron chi connectivity index (χ3n) is 5.09. The van der Waals surface area contributed by atoms with Crippen LogP contribution in [0.1, 0.15) is 46.3 Å². The van der Waals surface area contributed by atoms with E-state index in [0.29, 0.717) is 23.3 Å². The summed E-state index contributed by atoms with van der Waals surface area (Å²) in [5.74, 6) is -0.606. The molecule has 0 saturated carbocycles. The number of hydrogen-bond donors (Lipinski definition) is 0. The molecule has 148 valence electrons. The van der Waals surface area contributed by atoms with E-state index in [1.165, 1.54) is 11.3 Å². The minimum Gasteiger partial charge on any atom is -0.466 e. The fourth-order valence-electron chi connectivity index (χ4n) is 3.67. The highest BCUT2D eigenvalue weighted by Crippen LogP contribution is 2.36. The summed E-state index contributed by atoms with van der Waals surface area (Å²) in [4.78, 5) is 28.6. The lowest BCUT2D eigenvalue weighted by Crippen LogP contribution is -2.13. The lowest BCUT2D eigenvalue weighted by molar-refractivity contribution is -0.143. The van der Waals surface area contributed by atoms with Gasteiger partial charge in [0.2, 0.25) is 0 Å². The first-order valence-electron chi connectivity index (χ1n) is 9.30. The van der Waals surface area contributed by atoms with E-state index in [-0.39, 0.29) is 18.3 Å². The molecule has 1 unspecified atom stereocenters. The van der Waals surface area contributed by atoms with Gasteiger partial charge in [0.1, 0.15) is 5.52 Å². The number of aromatic nitrogens is 4. The Kier molecular flexibility index (Phi) is 5.10. The monoisotopic (exact) mass is 408 g/mol. The number of aryl methyl sites for hydroxylation is 2. The van der Waals surface area contributed by atoms with E-state index < -0.39 is 0 Å². The Morgan fingerprint density at radius 3 is 2.97 bits per heavy atom. The fourth-order valence-corrected chi connectivity index (χ4v) is 4.53. The number of hydrogen-bond acceptors (Lipinski definition) is 7. The van der Waals surface area contributed by atoms with E-state index >= 15 is 0 Å². The first-order chi connectivity index (χ1) is 14.0. The first-order valence-corrected chi connectivity index (χ1v) is 10.2. The van der Waals surface area contributed by atoms with E-state index in [2.05, 4.69) is 15.3 Å². The standard InChI is InChI=1S/C21H20N4O3S/c1-4-28-18(27)9-16(14-7-13-5-6-29-20(13)15(8-14)11-26)17-10-22-21-19(12(17)2)23-24-25(21)3/h5-8,10-11,16H,4,9H2,1-3H3. The summed E-state index contributed by atoms with van der Waals surface area (Å²) in [6.45, 7) is 4.05. The number of carbonyl (C=O) groups excluding carboxylic acids is 2. The Hall–Kier alpha value is -3.13. The maximum absolute atomic E-state index is 12.4. The lowest BCUT2D eigenvalue weighted by atomic mass is 9.85. The van der Waals surface area contributed by atoms with Crippen molar-refractivity contribution in [1.82, 2.24) is 20.0 Å². The largest absolute Gasteiger partial charge is 0.466 e. The van der Waals surface area contributed by atoms with Crippen molar-refractivity contribution in [2.24, 2.45) is 7.05 Å². The molecule has 0 aliphatic rings. The van der Waals surface area contributed by atoms with Gasteiger partial charge in [-0.15, -0.1) is 16.4 Å². The highest BCUT2D eigenvalue weighted by atomic mass is 32.1. The quantitative estimate of drug-likeness (QED) is 0.356. The molecule has 29 heavy (non-hydrogen) atoms. The van der Waals surface area contributed by atoms with Crippen molar-refractivity contribution < 1.29 is 14.3 Å². The number of fused-ring (bicyclic) bond motifs is 2. The number of pyridine rings is 1. The van der Waals surface area contributed by atoms with Gasteiger partial charge in [0.15, 0.2) is 11.9 Å². The van der Waals surface area contributed by atoms with Gasteiger partial charge in [-0.1, -0.05) is 5.21 Å². The molecule has 0 amide bonds. The molecule has 1 aromatic carbocycles. The number of carbonyl (C=O) groups is 2. The van der Waals surface area contributed by atoms with Gasteiger partial charge >= 0.3 is 5.97 Å². The van der Waals surface area contributed by atoms with Crippen molar-refractivity contribution in [1.29, 1.82) is 0 Å². The summed E-state index contributed by atoms with van der Waals surface area (Å²) in [7, 11) is 1.79. The second kappa shape index (κ2) is 7.71. The van der Waals surface area contributed by atoms with Crippen LogP contribution in [0.25, 0.3) is 21.3 Å². The second-order valence-corrected chi connectivity index (χ2v) is 7.77. The molecule has 0 saturated heterocycles. The minimum atomic E-state index is -0.309. The third kappa shape index (κ3) is 3.40. The van der Waals surface area contributed by atoms with Crippen LogP contribution in [0.2, 0.25) is 0 Å². The van der Waals surface area contributed by atoms with Gasteiger partial charge in [-0.05, 0) is 59.5 Å². The first kappa shape index (κ1) is 19.2. The second-order valence-electron chi connectivity index (χ2n) is 6.85. The predicted octanol–water partition coefficient (Wildman–Crippen LogP) is 3.78. The summed E-state index contributed by atoms with van der Waals surface area (Å²) >= 11 is 1.53. The van der Waals surface area contributed by atoms with Gasteiger partial charge in [0, 0.05) is 29.4 Å². The molecule has 3 aromatic heterocycles. The fraction of sp³-hybridized carbons (Fsp3) is 0.286. The Morgan fingerprint density at radius 1 is 1.38 bits per heavy atom. The molecule has 0 spiro atoms. The van der Waals surface area contributed by atoms with E-state index in [1.807, 2.05) is 30.5 Å². The lowest BCUT2D eigenvalue weighted by Gasteiger charge is -2.20. The third-order valence-corrected chi connectivity index (χ3v) is 6.07. The topological polar surface area (TPSA) is 87.0 Å². The molecule has 0 aliphatic carbocycles. The number of ether oxygens (including phenoxy) is 1. The maximum Gasteiger partial charge on any atom is 0.306 e. The van der Waals surface area contributed by atoms with Crippen LogP contribution < -0.4 is 0 Å². The van der Waals surface area contributed by atoms with Crippen LogP contribution in [0.5, 0.6) is 0 Å². The summed E-state index contributed by atoms with van der Waals surface area (Å²) in [6.07, 6.45) is 2.78. The van der Waals surface area contributed by atoms with Crippen molar-refractivity contribution in [3.63, 3.8) is 0 Å². The average Bonchev–Trinajstić information content (AvgIpc) is 3.33. The molecule has 0 radical (unpaired) electrons. The zero-order valence-electron chi connectivity index (χ0n) is 16.4. The highest BCUT2D eigenvalue weighted by molar-refractivity contribution is 7.17. The number of aldehydes is 1. The Balaban J connectivity index is 1.90. The van der Waals surface area contributed by atoms with Gasteiger partial charge in [0.25, 0.3) is 0 Å².